The number of benzene rings is 8. The Balaban J connectivity index is 1.09. The molecule has 0 unspecified atom stereocenters. The predicted octanol–water partition coefficient (Wildman–Crippen LogP) is 13.0. The Morgan fingerprint density at radius 2 is 0.800 bits per heavy atom. The molecule has 0 spiro atoms. The molecule has 0 saturated carbocycles. The number of pyridine rings is 1. The fourth-order valence-corrected chi connectivity index (χ4v) is 7.89. The van der Waals surface area contributed by atoms with Gasteiger partial charge in [0.25, 0.3) is 0 Å². The Morgan fingerprint density at radius 3 is 1.49 bits per heavy atom. The average molecular weight is 703 g/mol. The van der Waals surface area contributed by atoms with Crippen LogP contribution in [0.15, 0.2) is 187 Å². The van der Waals surface area contributed by atoms with E-state index in [0.717, 1.165) is 60.9 Å². The third kappa shape index (κ3) is 5.33. The standard InChI is InChI=1S/C50H30N4O/c1-2-10-31(11-3-1)34-12-8-13-35(26-34)49-52-48(33-21-19-32(20-22-33)37-14-9-25-51-30-37)53-50(54-49)36-23-24-46-44(27-36)45-28-42-40-17-6-4-15-38(40)39-16-5-7-18-41(39)43(42)29-47(45)55-46/h1-30H. The van der Waals surface area contributed by atoms with Gasteiger partial charge in [0.2, 0.25) is 0 Å². The summed E-state index contributed by atoms with van der Waals surface area (Å²) in [6.45, 7) is 0. The van der Waals surface area contributed by atoms with Crippen LogP contribution < -0.4 is 0 Å². The lowest BCUT2D eigenvalue weighted by molar-refractivity contribution is 0.669. The number of aromatic nitrogens is 4. The van der Waals surface area contributed by atoms with Crippen LogP contribution in [0.5, 0.6) is 0 Å². The molecule has 55 heavy (non-hydrogen) atoms. The first kappa shape index (κ1) is 31.1. The summed E-state index contributed by atoms with van der Waals surface area (Å²) in [5.41, 5.74) is 8.73. The van der Waals surface area contributed by atoms with Crippen LogP contribution in [0.1, 0.15) is 0 Å². The van der Waals surface area contributed by atoms with Gasteiger partial charge in [-0.25, -0.2) is 15.0 Å². The Morgan fingerprint density at radius 1 is 0.291 bits per heavy atom. The minimum Gasteiger partial charge on any atom is -0.456 e. The van der Waals surface area contributed by atoms with Crippen LogP contribution in [0, 0.1) is 0 Å². The number of hydrogen-bond acceptors (Lipinski definition) is 5. The zero-order valence-electron chi connectivity index (χ0n) is 29.5. The summed E-state index contributed by atoms with van der Waals surface area (Å²) in [5.74, 6) is 1.80. The molecular weight excluding hydrogens is 673 g/mol. The van der Waals surface area contributed by atoms with Gasteiger partial charge in [-0.05, 0) is 97.0 Å². The van der Waals surface area contributed by atoms with E-state index < -0.39 is 0 Å². The average Bonchev–Trinajstić information content (AvgIpc) is 3.63. The van der Waals surface area contributed by atoms with E-state index in [1.165, 1.54) is 32.3 Å². The van der Waals surface area contributed by atoms with Gasteiger partial charge in [-0.1, -0.05) is 127 Å². The quantitative estimate of drug-likeness (QED) is 0.167. The normalized spacial score (nSPS) is 11.6. The summed E-state index contributed by atoms with van der Waals surface area (Å²) in [5, 5.41) is 9.38. The zero-order chi connectivity index (χ0) is 36.3. The van der Waals surface area contributed by atoms with Crippen LogP contribution in [0.3, 0.4) is 0 Å². The molecule has 11 aromatic rings. The first-order valence-electron chi connectivity index (χ1n) is 18.4. The second-order valence-corrected chi connectivity index (χ2v) is 13.9. The molecule has 0 aliphatic carbocycles. The molecule has 0 bridgehead atoms. The predicted molar refractivity (Wildman–Crippen MR) is 225 cm³/mol. The van der Waals surface area contributed by atoms with Crippen LogP contribution in [0.25, 0.3) is 111 Å². The highest BCUT2D eigenvalue weighted by molar-refractivity contribution is 6.28. The number of rotatable bonds is 5. The molecule has 0 amide bonds. The smallest absolute Gasteiger partial charge is 0.164 e. The number of hydrogen-bond donors (Lipinski definition) is 0. The van der Waals surface area contributed by atoms with Crippen molar-refractivity contribution >= 4 is 54.3 Å². The van der Waals surface area contributed by atoms with Crippen molar-refractivity contribution in [3.05, 3.63) is 182 Å². The molecule has 0 aliphatic rings. The SMILES string of the molecule is c1ccc(-c2cccc(-c3nc(-c4ccc(-c5cccnc5)cc4)nc(-c4ccc5oc6cc7c8ccccc8c8ccccc8c7cc6c5c4)n3)c2)cc1. The van der Waals surface area contributed by atoms with Crippen molar-refractivity contribution in [1.29, 1.82) is 0 Å². The lowest BCUT2D eigenvalue weighted by Gasteiger charge is -2.11. The molecule has 0 radical (unpaired) electrons. The lowest BCUT2D eigenvalue weighted by atomic mass is 9.93. The minimum atomic E-state index is 0.593. The van der Waals surface area contributed by atoms with Gasteiger partial charge in [0.15, 0.2) is 17.5 Å². The molecule has 0 fully saturated rings. The highest BCUT2D eigenvalue weighted by Crippen LogP contribution is 2.41. The van der Waals surface area contributed by atoms with E-state index >= 15 is 0 Å². The van der Waals surface area contributed by atoms with Crippen LogP contribution >= 0.6 is 0 Å². The van der Waals surface area contributed by atoms with Crippen molar-refractivity contribution < 1.29 is 4.42 Å². The largest absolute Gasteiger partial charge is 0.456 e. The van der Waals surface area contributed by atoms with Gasteiger partial charge in [0.05, 0.1) is 0 Å². The highest BCUT2D eigenvalue weighted by atomic mass is 16.3. The molecule has 0 atom stereocenters. The Labute approximate surface area is 316 Å². The van der Waals surface area contributed by atoms with E-state index in [0.29, 0.717) is 17.5 Å². The number of fused-ring (bicyclic) bond motifs is 9. The molecule has 0 saturated heterocycles. The summed E-state index contributed by atoms with van der Waals surface area (Å²) in [7, 11) is 0. The lowest BCUT2D eigenvalue weighted by Crippen LogP contribution is -2.00. The molecule has 11 rings (SSSR count). The minimum absolute atomic E-state index is 0.593. The fraction of sp³-hybridized carbons (Fsp3) is 0. The molecule has 5 nitrogen and oxygen atoms in total. The first-order valence-corrected chi connectivity index (χ1v) is 18.4. The van der Waals surface area contributed by atoms with Gasteiger partial charge in [0.1, 0.15) is 11.2 Å². The number of furan rings is 1. The Bertz CT molecular complexity index is 3250. The van der Waals surface area contributed by atoms with Gasteiger partial charge in [-0.2, -0.15) is 0 Å². The van der Waals surface area contributed by atoms with E-state index in [1.807, 2.05) is 30.5 Å². The molecule has 5 heteroatoms. The molecule has 0 aliphatic heterocycles. The highest BCUT2D eigenvalue weighted by Gasteiger charge is 2.17. The van der Waals surface area contributed by atoms with Crippen molar-refractivity contribution in [1.82, 2.24) is 19.9 Å². The summed E-state index contributed by atoms with van der Waals surface area (Å²) in [4.78, 5) is 19.6. The monoisotopic (exact) mass is 702 g/mol. The van der Waals surface area contributed by atoms with Crippen molar-refractivity contribution in [2.75, 3.05) is 0 Å². The molecule has 0 N–H and O–H groups in total. The summed E-state index contributed by atoms with van der Waals surface area (Å²) < 4.78 is 6.54. The van der Waals surface area contributed by atoms with Crippen LogP contribution in [-0.4, -0.2) is 19.9 Å². The van der Waals surface area contributed by atoms with E-state index in [2.05, 4.69) is 151 Å². The Hall–Kier alpha value is -7.50. The van der Waals surface area contributed by atoms with Gasteiger partial charge in [-0.15, -0.1) is 0 Å². The van der Waals surface area contributed by atoms with E-state index in [9.17, 15) is 0 Å². The maximum Gasteiger partial charge on any atom is 0.164 e. The molecule has 3 aromatic heterocycles. The third-order valence-corrected chi connectivity index (χ3v) is 10.6. The third-order valence-electron chi connectivity index (χ3n) is 10.6. The van der Waals surface area contributed by atoms with Crippen LogP contribution in [0.2, 0.25) is 0 Å². The molecule has 8 aromatic carbocycles. The van der Waals surface area contributed by atoms with E-state index in [-0.39, 0.29) is 0 Å². The maximum atomic E-state index is 6.54. The fourth-order valence-electron chi connectivity index (χ4n) is 7.89. The van der Waals surface area contributed by atoms with Crippen molar-refractivity contribution in [3.63, 3.8) is 0 Å². The van der Waals surface area contributed by atoms with Crippen LogP contribution in [0.4, 0.5) is 0 Å². The van der Waals surface area contributed by atoms with Crippen LogP contribution in [-0.2, 0) is 0 Å². The molecule has 256 valence electrons. The van der Waals surface area contributed by atoms with Crippen molar-refractivity contribution in [2.24, 2.45) is 0 Å². The molecule has 3 heterocycles. The second kappa shape index (κ2) is 12.6. The van der Waals surface area contributed by atoms with Crippen molar-refractivity contribution in [2.45, 2.75) is 0 Å². The van der Waals surface area contributed by atoms with Gasteiger partial charge in [-0.3, -0.25) is 4.98 Å². The summed E-state index contributed by atoms with van der Waals surface area (Å²) in [6, 6.07) is 59.1. The second-order valence-electron chi connectivity index (χ2n) is 13.9. The first-order chi connectivity index (χ1) is 27.2. The van der Waals surface area contributed by atoms with Gasteiger partial charge >= 0.3 is 0 Å². The Kier molecular flexibility index (Phi) is 7.10. The summed E-state index contributed by atoms with van der Waals surface area (Å²) >= 11 is 0. The number of nitrogens with zero attached hydrogens (tertiary/aromatic N) is 4. The van der Waals surface area contributed by atoms with E-state index in [1.54, 1.807) is 6.20 Å². The van der Waals surface area contributed by atoms with Crippen molar-refractivity contribution in [3.8, 4) is 56.4 Å². The summed E-state index contributed by atoms with van der Waals surface area (Å²) in [6.07, 6.45) is 3.66. The zero-order valence-corrected chi connectivity index (χ0v) is 29.5. The van der Waals surface area contributed by atoms with Gasteiger partial charge in [0, 0.05) is 39.9 Å². The van der Waals surface area contributed by atoms with Gasteiger partial charge < -0.3 is 4.42 Å². The molecular formula is C50H30N4O. The topological polar surface area (TPSA) is 64.7 Å². The maximum absolute atomic E-state index is 6.54. The van der Waals surface area contributed by atoms with E-state index in [4.69, 9.17) is 19.4 Å².